The zero-order valence-electron chi connectivity index (χ0n) is 12.2. The van der Waals surface area contributed by atoms with Crippen molar-refractivity contribution in [1.29, 1.82) is 0 Å². The fourth-order valence-corrected chi connectivity index (χ4v) is 2.29. The summed E-state index contributed by atoms with van der Waals surface area (Å²) in [7, 11) is 0. The van der Waals surface area contributed by atoms with Crippen LogP contribution in [0.5, 0.6) is 5.75 Å². The molecule has 0 unspecified atom stereocenters. The highest BCUT2D eigenvalue weighted by Gasteiger charge is 2.12. The van der Waals surface area contributed by atoms with Crippen molar-refractivity contribution in [2.75, 3.05) is 26.3 Å². The van der Waals surface area contributed by atoms with Crippen molar-refractivity contribution in [2.24, 2.45) is 0 Å². The van der Waals surface area contributed by atoms with Crippen molar-refractivity contribution in [1.82, 2.24) is 4.90 Å². The molecule has 0 radical (unpaired) electrons. The van der Waals surface area contributed by atoms with Gasteiger partial charge in [-0.3, -0.25) is 4.79 Å². The summed E-state index contributed by atoms with van der Waals surface area (Å²) in [6, 6.07) is 5.43. The minimum Gasteiger partial charge on any atom is -0.488 e. The number of carbonyl (C=O) groups excluding carboxylic acids is 1. The van der Waals surface area contributed by atoms with Crippen LogP contribution < -0.4 is 4.74 Å². The smallest absolute Gasteiger partial charge is 0.246 e. The van der Waals surface area contributed by atoms with Gasteiger partial charge < -0.3 is 14.7 Å². The van der Waals surface area contributed by atoms with Crippen molar-refractivity contribution in [3.8, 4) is 5.75 Å². The third-order valence-electron chi connectivity index (χ3n) is 3.18. The summed E-state index contributed by atoms with van der Waals surface area (Å²) in [5, 5.41) is 9.61. The number of ether oxygens (including phenoxy) is 1. The van der Waals surface area contributed by atoms with Crippen LogP contribution in [0.4, 0.5) is 0 Å². The number of aliphatic hydroxyl groups excluding tert-OH is 1. The van der Waals surface area contributed by atoms with Crippen LogP contribution in [0.15, 0.2) is 48.6 Å². The summed E-state index contributed by atoms with van der Waals surface area (Å²) in [5.41, 5.74) is 1.77. The molecule has 1 N–H and O–H groups in total. The maximum Gasteiger partial charge on any atom is 0.246 e. The van der Waals surface area contributed by atoms with E-state index >= 15 is 0 Å². The van der Waals surface area contributed by atoms with E-state index in [0.717, 1.165) is 16.9 Å². The van der Waals surface area contributed by atoms with Gasteiger partial charge in [0, 0.05) is 29.8 Å². The highest BCUT2D eigenvalue weighted by Crippen LogP contribution is 2.29. The molecule has 0 spiro atoms. The number of benzene rings is 1. The monoisotopic (exact) mass is 319 g/mol. The van der Waals surface area contributed by atoms with Crippen LogP contribution in [0.2, 0.25) is 5.02 Å². The minimum atomic E-state index is -0.174. The molecule has 2 rings (SSSR count). The first-order valence-electron chi connectivity index (χ1n) is 6.95. The number of aliphatic hydroxyl groups is 1. The van der Waals surface area contributed by atoms with E-state index in [-0.39, 0.29) is 19.1 Å². The molecule has 22 heavy (non-hydrogen) atoms. The summed E-state index contributed by atoms with van der Waals surface area (Å²) in [6.45, 7) is 4.61. The van der Waals surface area contributed by atoms with Crippen molar-refractivity contribution in [3.63, 3.8) is 0 Å². The Morgan fingerprint density at radius 3 is 3.05 bits per heavy atom. The lowest BCUT2D eigenvalue weighted by Crippen LogP contribution is -2.32. The Balaban J connectivity index is 2.09. The first-order chi connectivity index (χ1) is 10.6. The van der Waals surface area contributed by atoms with Crippen LogP contribution in [-0.4, -0.2) is 42.2 Å². The molecule has 0 bridgehead atoms. The number of carbonyl (C=O) groups is 1. The fourth-order valence-electron chi connectivity index (χ4n) is 2.11. The van der Waals surface area contributed by atoms with E-state index in [2.05, 4.69) is 6.58 Å². The molecule has 1 amide bonds. The van der Waals surface area contributed by atoms with E-state index in [9.17, 15) is 4.79 Å². The second-order valence-corrected chi connectivity index (χ2v) is 5.26. The minimum absolute atomic E-state index is 0.0783. The van der Waals surface area contributed by atoms with Gasteiger partial charge in [-0.15, -0.1) is 6.58 Å². The number of rotatable bonds is 6. The van der Waals surface area contributed by atoms with Gasteiger partial charge >= 0.3 is 0 Å². The Kier molecular flexibility index (Phi) is 5.81. The molecule has 0 aromatic heterocycles. The highest BCUT2D eigenvalue weighted by atomic mass is 35.5. The molecule has 5 heteroatoms. The zero-order valence-corrected chi connectivity index (χ0v) is 12.9. The number of nitrogens with zero attached hydrogens (tertiary/aromatic N) is 1. The molecule has 0 saturated carbocycles. The Bertz CT molecular complexity index is 622. The summed E-state index contributed by atoms with van der Waals surface area (Å²) in [6.07, 6.45) is 6.77. The summed E-state index contributed by atoms with van der Waals surface area (Å²) in [4.78, 5) is 13.6. The molecule has 1 aliphatic heterocycles. The largest absolute Gasteiger partial charge is 0.488 e. The van der Waals surface area contributed by atoms with Crippen LogP contribution in [0, 0.1) is 0 Å². The van der Waals surface area contributed by atoms with Crippen LogP contribution in [-0.2, 0) is 4.79 Å². The Hall–Kier alpha value is -2.04. The van der Waals surface area contributed by atoms with Gasteiger partial charge in [-0.1, -0.05) is 23.8 Å². The van der Waals surface area contributed by atoms with Gasteiger partial charge in [0.15, 0.2) is 0 Å². The summed E-state index contributed by atoms with van der Waals surface area (Å²) >= 11 is 5.97. The lowest BCUT2D eigenvalue weighted by atomic mass is 10.1. The van der Waals surface area contributed by atoms with E-state index in [1.807, 2.05) is 18.2 Å². The van der Waals surface area contributed by atoms with Crippen molar-refractivity contribution >= 4 is 23.6 Å². The standard InChI is InChI=1S/C17H18ClNO3/c1-2-7-19(8-9-20)17(21)6-3-13-10-14-11-15(18)4-5-16(14)22-12-13/h2-6,10-11,20H,1,7-9,12H2/b6-3+. The molecule has 1 aromatic rings. The van der Waals surface area contributed by atoms with Crippen LogP contribution in [0.3, 0.4) is 0 Å². The van der Waals surface area contributed by atoms with Gasteiger partial charge in [0.1, 0.15) is 12.4 Å². The number of fused-ring (bicyclic) bond motifs is 1. The highest BCUT2D eigenvalue weighted by molar-refractivity contribution is 6.30. The molecule has 0 atom stereocenters. The molecule has 1 heterocycles. The lowest BCUT2D eigenvalue weighted by Gasteiger charge is -2.18. The number of amides is 1. The fraction of sp³-hybridized carbons (Fsp3) is 0.235. The van der Waals surface area contributed by atoms with E-state index in [1.165, 1.54) is 11.0 Å². The van der Waals surface area contributed by atoms with Crippen LogP contribution in [0.25, 0.3) is 6.08 Å². The Morgan fingerprint density at radius 1 is 1.50 bits per heavy atom. The Morgan fingerprint density at radius 2 is 2.32 bits per heavy atom. The molecule has 0 aliphatic carbocycles. The van der Waals surface area contributed by atoms with Gasteiger partial charge in [0.25, 0.3) is 0 Å². The topological polar surface area (TPSA) is 49.8 Å². The van der Waals surface area contributed by atoms with Gasteiger partial charge in [0.2, 0.25) is 5.91 Å². The molecular formula is C17H18ClNO3. The van der Waals surface area contributed by atoms with Crippen molar-refractivity contribution in [3.05, 3.63) is 59.2 Å². The zero-order chi connectivity index (χ0) is 15.9. The van der Waals surface area contributed by atoms with Crippen LogP contribution >= 0.6 is 11.6 Å². The first kappa shape index (κ1) is 16.3. The SMILES string of the molecule is C=CCN(CCO)C(=O)/C=C/C1=Cc2cc(Cl)ccc2OC1. The molecule has 4 nitrogen and oxygen atoms in total. The van der Waals surface area contributed by atoms with Crippen molar-refractivity contribution in [2.45, 2.75) is 0 Å². The van der Waals surface area contributed by atoms with Gasteiger partial charge in [0.05, 0.1) is 6.61 Å². The van der Waals surface area contributed by atoms with E-state index in [4.69, 9.17) is 21.4 Å². The van der Waals surface area contributed by atoms with E-state index in [0.29, 0.717) is 18.2 Å². The average molecular weight is 320 g/mol. The summed E-state index contributed by atoms with van der Waals surface area (Å²) < 4.78 is 5.62. The van der Waals surface area contributed by atoms with Gasteiger partial charge in [-0.25, -0.2) is 0 Å². The first-order valence-corrected chi connectivity index (χ1v) is 7.33. The predicted octanol–water partition coefficient (Wildman–Crippen LogP) is 2.68. The quantitative estimate of drug-likeness (QED) is 0.648. The second-order valence-electron chi connectivity index (χ2n) is 4.82. The molecular weight excluding hydrogens is 302 g/mol. The van der Waals surface area contributed by atoms with Crippen molar-refractivity contribution < 1.29 is 14.6 Å². The van der Waals surface area contributed by atoms with Crippen LogP contribution in [0.1, 0.15) is 5.56 Å². The second kappa shape index (κ2) is 7.82. The number of halogens is 1. The lowest BCUT2D eigenvalue weighted by molar-refractivity contribution is -0.126. The molecule has 0 saturated heterocycles. The number of hydrogen-bond acceptors (Lipinski definition) is 3. The molecule has 1 aromatic carbocycles. The third kappa shape index (κ3) is 4.23. The maximum atomic E-state index is 12.1. The number of hydrogen-bond donors (Lipinski definition) is 1. The Labute approximate surface area is 135 Å². The van der Waals surface area contributed by atoms with E-state index in [1.54, 1.807) is 18.2 Å². The van der Waals surface area contributed by atoms with Gasteiger partial charge in [-0.2, -0.15) is 0 Å². The maximum absolute atomic E-state index is 12.1. The normalized spacial score (nSPS) is 13.3. The average Bonchev–Trinajstić information content (AvgIpc) is 2.52. The molecule has 0 fully saturated rings. The molecule has 1 aliphatic rings. The molecule has 116 valence electrons. The summed E-state index contributed by atoms with van der Waals surface area (Å²) in [5.74, 6) is 0.605. The third-order valence-corrected chi connectivity index (χ3v) is 3.41. The van der Waals surface area contributed by atoms with E-state index < -0.39 is 0 Å². The van der Waals surface area contributed by atoms with Gasteiger partial charge in [-0.05, 0) is 29.8 Å². The predicted molar refractivity (Wildman–Crippen MR) is 87.9 cm³/mol.